The molecule has 0 spiro atoms. The van der Waals surface area contributed by atoms with Crippen LogP contribution in [0.15, 0.2) is 0 Å². The lowest BCUT2D eigenvalue weighted by atomic mass is 10.1. The fourth-order valence-electron chi connectivity index (χ4n) is 1.22. The maximum absolute atomic E-state index is 5.43. The summed E-state index contributed by atoms with van der Waals surface area (Å²) in [5.74, 6) is 5.02. The summed E-state index contributed by atoms with van der Waals surface area (Å²) in [6.45, 7) is 2.80. The molecule has 0 aromatic heterocycles. The molecule has 2 unspecified atom stereocenters. The van der Waals surface area contributed by atoms with Crippen molar-refractivity contribution in [3.05, 3.63) is 0 Å². The molecule has 2 N–H and O–H groups in total. The van der Waals surface area contributed by atoms with Gasteiger partial charge in [-0.25, -0.2) is 5.90 Å². The summed E-state index contributed by atoms with van der Waals surface area (Å²) in [5, 5.41) is 0. The lowest BCUT2D eigenvalue weighted by molar-refractivity contribution is -0.0853. The van der Waals surface area contributed by atoms with Gasteiger partial charge in [-0.2, -0.15) is 0 Å². The van der Waals surface area contributed by atoms with Crippen molar-refractivity contribution in [2.75, 3.05) is 6.61 Å². The lowest BCUT2D eigenvalue weighted by Crippen LogP contribution is -2.33. The number of hydrogen-bond donors (Lipinski definition) is 1. The minimum Gasteiger partial charge on any atom is -0.375 e. The highest BCUT2D eigenvalue weighted by molar-refractivity contribution is 4.69. The average molecular weight is 145 g/mol. The molecule has 3 heteroatoms. The monoisotopic (exact) mass is 145 g/mol. The van der Waals surface area contributed by atoms with Gasteiger partial charge in [-0.05, 0) is 26.2 Å². The maximum atomic E-state index is 5.43. The molecule has 1 aliphatic rings. The second-order valence-corrected chi connectivity index (χ2v) is 2.75. The highest BCUT2D eigenvalue weighted by Gasteiger charge is 2.20. The van der Waals surface area contributed by atoms with Gasteiger partial charge in [-0.1, -0.05) is 0 Å². The van der Waals surface area contributed by atoms with Crippen LogP contribution in [-0.4, -0.2) is 18.8 Å². The second-order valence-electron chi connectivity index (χ2n) is 2.75. The van der Waals surface area contributed by atoms with Crippen LogP contribution in [0.5, 0.6) is 0 Å². The van der Waals surface area contributed by atoms with Crippen LogP contribution in [0.1, 0.15) is 26.2 Å². The van der Waals surface area contributed by atoms with E-state index in [2.05, 4.69) is 4.84 Å². The molecule has 0 radical (unpaired) electrons. The van der Waals surface area contributed by atoms with Crippen LogP contribution in [-0.2, 0) is 9.57 Å². The average Bonchev–Trinajstić information content (AvgIpc) is 2.05. The zero-order valence-electron chi connectivity index (χ0n) is 6.38. The zero-order valence-corrected chi connectivity index (χ0v) is 6.38. The van der Waals surface area contributed by atoms with Crippen LogP contribution in [0, 0.1) is 0 Å². The second kappa shape index (κ2) is 3.91. The molecule has 0 aromatic rings. The molecule has 2 atom stereocenters. The minimum atomic E-state index is 0.0419. The third kappa shape index (κ3) is 1.94. The highest BCUT2D eigenvalue weighted by Crippen LogP contribution is 2.16. The van der Waals surface area contributed by atoms with E-state index in [0.717, 1.165) is 13.0 Å². The van der Waals surface area contributed by atoms with Crippen LogP contribution in [0.25, 0.3) is 0 Å². The fraction of sp³-hybridized carbons (Fsp3) is 1.00. The van der Waals surface area contributed by atoms with Gasteiger partial charge in [0.05, 0.1) is 6.10 Å². The summed E-state index contributed by atoms with van der Waals surface area (Å²) in [6.07, 6.45) is 3.75. The van der Waals surface area contributed by atoms with Crippen molar-refractivity contribution in [3.63, 3.8) is 0 Å². The summed E-state index contributed by atoms with van der Waals surface area (Å²) < 4.78 is 5.43. The van der Waals surface area contributed by atoms with E-state index in [1.54, 1.807) is 0 Å². The van der Waals surface area contributed by atoms with Gasteiger partial charge in [0.15, 0.2) is 0 Å². The van der Waals surface area contributed by atoms with E-state index in [-0.39, 0.29) is 12.2 Å². The van der Waals surface area contributed by atoms with Gasteiger partial charge in [-0.3, -0.25) is 4.84 Å². The Labute approximate surface area is 61.4 Å². The number of rotatable bonds is 2. The molecule has 0 saturated carbocycles. The lowest BCUT2D eigenvalue weighted by Gasteiger charge is -2.26. The van der Waals surface area contributed by atoms with Gasteiger partial charge < -0.3 is 4.74 Å². The molecule has 60 valence electrons. The summed E-state index contributed by atoms with van der Waals surface area (Å²) in [4.78, 5) is 4.66. The first-order valence-corrected chi connectivity index (χ1v) is 3.81. The third-order valence-electron chi connectivity index (χ3n) is 1.95. The Kier molecular flexibility index (Phi) is 3.12. The Bertz CT molecular complexity index is 91.6. The van der Waals surface area contributed by atoms with Gasteiger partial charge >= 0.3 is 0 Å². The van der Waals surface area contributed by atoms with Gasteiger partial charge in [0.2, 0.25) is 0 Å². The molecule has 0 bridgehead atoms. The van der Waals surface area contributed by atoms with Crippen molar-refractivity contribution < 1.29 is 9.57 Å². The van der Waals surface area contributed by atoms with E-state index in [0.29, 0.717) is 0 Å². The molecule has 1 heterocycles. The molecule has 3 nitrogen and oxygen atoms in total. The van der Waals surface area contributed by atoms with Crippen LogP contribution in [0.2, 0.25) is 0 Å². The predicted octanol–water partition coefficient (Wildman–Crippen LogP) is 0.834. The zero-order chi connectivity index (χ0) is 7.40. The SMILES string of the molecule is CC(ON)C1CCCCO1. The standard InChI is InChI=1S/C7H15NO2/c1-6(10-8)7-4-2-3-5-9-7/h6-7H,2-5,8H2,1H3. The van der Waals surface area contributed by atoms with Gasteiger partial charge in [0.25, 0.3) is 0 Å². The smallest absolute Gasteiger partial charge is 0.102 e. The Hall–Kier alpha value is -0.120. The van der Waals surface area contributed by atoms with Crippen molar-refractivity contribution in [3.8, 4) is 0 Å². The van der Waals surface area contributed by atoms with E-state index < -0.39 is 0 Å². The first-order chi connectivity index (χ1) is 4.84. The quantitative estimate of drug-likeness (QED) is 0.585. The number of ether oxygens (including phenoxy) is 1. The van der Waals surface area contributed by atoms with E-state index >= 15 is 0 Å². The van der Waals surface area contributed by atoms with Crippen LogP contribution >= 0.6 is 0 Å². The van der Waals surface area contributed by atoms with E-state index in [1.165, 1.54) is 12.8 Å². The Balaban J connectivity index is 2.24. The molecule has 0 amide bonds. The summed E-state index contributed by atoms with van der Waals surface area (Å²) in [5.41, 5.74) is 0. The largest absolute Gasteiger partial charge is 0.375 e. The molecule has 1 aliphatic heterocycles. The number of nitrogens with two attached hydrogens (primary N) is 1. The Morgan fingerprint density at radius 2 is 2.40 bits per heavy atom. The van der Waals surface area contributed by atoms with E-state index in [9.17, 15) is 0 Å². The van der Waals surface area contributed by atoms with E-state index in [4.69, 9.17) is 10.6 Å². The van der Waals surface area contributed by atoms with Crippen LogP contribution in [0.4, 0.5) is 0 Å². The predicted molar refractivity (Wildman–Crippen MR) is 38.3 cm³/mol. The van der Waals surface area contributed by atoms with Crippen LogP contribution < -0.4 is 5.90 Å². The van der Waals surface area contributed by atoms with Gasteiger partial charge in [-0.15, -0.1) is 0 Å². The maximum Gasteiger partial charge on any atom is 0.102 e. The molecular formula is C7H15NO2. The fourth-order valence-corrected chi connectivity index (χ4v) is 1.22. The molecule has 1 rings (SSSR count). The molecule has 1 fully saturated rings. The van der Waals surface area contributed by atoms with Crippen molar-refractivity contribution in [2.24, 2.45) is 5.90 Å². The van der Waals surface area contributed by atoms with Crippen molar-refractivity contribution >= 4 is 0 Å². The first kappa shape index (κ1) is 7.98. The first-order valence-electron chi connectivity index (χ1n) is 3.81. The van der Waals surface area contributed by atoms with Crippen LogP contribution in [0.3, 0.4) is 0 Å². The van der Waals surface area contributed by atoms with Crippen molar-refractivity contribution in [1.82, 2.24) is 0 Å². The van der Waals surface area contributed by atoms with Crippen molar-refractivity contribution in [1.29, 1.82) is 0 Å². The van der Waals surface area contributed by atoms with Gasteiger partial charge in [0, 0.05) is 6.61 Å². The molecular weight excluding hydrogens is 130 g/mol. The normalized spacial score (nSPS) is 30.0. The topological polar surface area (TPSA) is 44.5 Å². The number of hydrogen-bond acceptors (Lipinski definition) is 3. The van der Waals surface area contributed by atoms with Crippen molar-refractivity contribution in [2.45, 2.75) is 38.4 Å². The third-order valence-corrected chi connectivity index (χ3v) is 1.95. The summed E-state index contributed by atoms with van der Waals surface area (Å²) in [6, 6.07) is 0. The van der Waals surface area contributed by atoms with E-state index in [1.807, 2.05) is 6.92 Å². The summed E-state index contributed by atoms with van der Waals surface area (Å²) in [7, 11) is 0. The summed E-state index contributed by atoms with van der Waals surface area (Å²) >= 11 is 0. The van der Waals surface area contributed by atoms with Gasteiger partial charge in [0.1, 0.15) is 6.10 Å². The highest BCUT2D eigenvalue weighted by atomic mass is 16.6. The molecule has 1 saturated heterocycles. The molecule has 0 aliphatic carbocycles. The Morgan fingerprint density at radius 1 is 1.60 bits per heavy atom. The minimum absolute atomic E-state index is 0.0419. The molecule has 0 aromatic carbocycles. The molecule has 10 heavy (non-hydrogen) atoms. The Morgan fingerprint density at radius 3 is 2.90 bits per heavy atom.